The van der Waals surface area contributed by atoms with E-state index in [9.17, 15) is 4.79 Å². The van der Waals surface area contributed by atoms with E-state index in [1.165, 1.54) is 50.8 Å². The third-order valence-corrected chi connectivity index (χ3v) is 6.22. The predicted molar refractivity (Wildman–Crippen MR) is 89.0 cm³/mol. The maximum absolute atomic E-state index is 13.1. The number of rotatable bonds is 4. The van der Waals surface area contributed by atoms with Crippen LogP contribution >= 0.6 is 0 Å². The lowest BCUT2D eigenvalue weighted by atomic mass is 9.58. The Kier molecular flexibility index (Phi) is 3.48. The van der Waals surface area contributed by atoms with Crippen LogP contribution in [0.25, 0.3) is 0 Å². The SMILES string of the molecule is CCCCC[C@H]1N2CCC(CC2)[C@]12C(=O)Nc1ccccc12. The fourth-order valence-electron chi connectivity index (χ4n) is 5.26. The average molecular weight is 298 g/mol. The lowest BCUT2D eigenvalue weighted by molar-refractivity contribution is -0.134. The maximum atomic E-state index is 13.1. The number of hydrogen-bond acceptors (Lipinski definition) is 2. The highest BCUT2D eigenvalue weighted by Gasteiger charge is 2.61. The van der Waals surface area contributed by atoms with Gasteiger partial charge in [0, 0.05) is 11.7 Å². The molecule has 1 amide bonds. The van der Waals surface area contributed by atoms with Crippen LogP contribution in [0.5, 0.6) is 0 Å². The summed E-state index contributed by atoms with van der Waals surface area (Å²) in [7, 11) is 0. The Bertz CT molecular complexity index is 577. The number of piperidine rings is 3. The van der Waals surface area contributed by atoms with Crippen molar-refractivity contribution in [2.75, 3.05) is 18.4 Å². The molecule has 3 saturated heterocycles. The van der Waals surface area contributed by atoms with E-state index in [4.69, 9.17) is 0 Å². The summed E-state index contributed by atoms with van der Waals surface area (Å²) in [5, 5.41) is 3.20. The monoisotopic (exact) mass is 298 g/mol. The molecular formula is C19H26N2O. The van der Waals surface area contributed by atoms with E-state index in [1.807, 2.05) is 6.07 Å². The summed E-state index contributed by atoms with van der Waals surface area (Å²) in [6, 6.07) is 8.80. The second-order valence-electron chi connectivity index (χ2n) is 7.19. The molecule has 0 saturated carbocycles. The lowest BCUT2D eigenvalue weighted by Crippen LogP contribution is -2.66. The van der Waals surface area contributed by atoms with E-state index < -0.39 is 0 Å². The van der Waals surface area contributed by atoms with Gasteiger partial charge in [0.25, 0.3) is 0 Å². The Balaban J connectivity index is 1.77. The van der Waals surface area contributed by atoms with Crippen LogP contribution in [0.1, 0.15) is 51.0 Å². The predicted octanol–water partition coefficient (Wildman–Crippen LogP) is 3.55. The number of carbonyl (C=O) groups is 1. The molecule has 1 aromatic rings. The van der Waals surface area contributed by atoms with Crippen LogP contribution in [-0.2, 0) is 10.2 Å². The summed E-state index contributed by atoms with van der Waals surface area (Å²) in [6.07, 6.45) is 7.26. The number of para-hydroxylation sites is 1. The van der Waals surface area contributed by atoms with Gasteiger partial charge in [-0.15, -0.1) is 0 Å². The van der Waals surface area contributed by atoms with Crippen molar-refractivity contribution in [2.45, 2.75) is 56.9 Å². The number of fused-ring (bicyclic) bond motifs is 3. The fraction of sp³-hybridized carbons (Fsp3) is 0.632. The highest BCUT2D eigenvalue weighted by Crippen LogP contribution is 2.55. The highest BCUT2D eigenvalue weighted by atomic mass is 16.2. The topological polar surface area (TPSA) is 32.3 Å². The quantitative estimate of drug-likeness (QED) is 0.862. The van der Waals surface area contributed by atoms with Crippen molar-refractivity contribution in [3.63, 3.8) is 0 Å². The van der Waals surface area contributed by atoms with Crippen molar-refractivity contribution in [1.29, 1.82) is 0 Å². The molecule has 0 aliphatic carbocycles. The molecule has 3 fully saturated rings. The molecule has 5 rings (SSSR count). The summed E-state index contributed by atoms with van der Waals surface area (Å²) >= 11 is 0. The molecule has 2 atom stereocenters. The zero-order chi connectivity index (χ0) is 15.2. The summed E-state index contributed by atoms with van der Waals surface area (Å²) in [6.45, 7) is 4.61. The van der Waals surface area contributed by atoms with Crippen LogP contribution < -0.4 is 5.32 Å². The molecule has 3 nitrogen and oxygen atoms in total. The second-order valence-corrected chi connectivity index (χ2v) is 7.19. The van der Waals surface area contributed by atoms with Crippen LogP contribution in [0.15, 0.2) is 24.3 Å². The van der Waals surface area contributed by atoms with Crippen LogP contribution in [0, 0.1) is 5.92 Å². The molecule has 4 heterocycles. The van der Waals surface area contributed by atoms with Gasteiger partial charge in [-0.3, -0.25) is 9.69 Å². The van der Waals surface area contributed by atoms with E-state index >= 15 is 0 Å². The molecule has 1 spiro atoms. The van der Waals surface area contributed by atoms with Crippen molar-refractivity contribution in [3.05, 3.63) is 29.8 Å². The molecule has 118 valence electrons. The molecule has 1 aromatic carbocycles. The number of anilines is 1. The Morgan fingerprint density at radius 2 is 2.00 bits per heavy atom. The number of hydrogen-bond donors (Lipinski definition) is 1. The van der Waals surface area contributed by atoms with Gasteiger partial charge in [0.15, 0.2) is 0 Å². The van der Waals surface area contributed by atoms with Gasteiger partial charge in [0.2, 0.25) is 5.91 Å². The third-order valence-electron chi connectivity index (χ3n) is 6.22. The third kappa shape index (κ3) is 1.81. The van der Waals surface area contributed by atoms with Gasteiger partial charge >= 0.3 is 0 Å². The van der Waals surface area contributed by atoms with Crippen LogP contribution in [0.2, 0.25) is 0 Å². The molecule has 3 heteroatoms. The number of nitrogens with one attached hydrogen (secondary N) is 1. The number of carbonyl (C=O) groups excluding carboxylic acids is 1. The van der Waals surface area contributed by atoms with Gasteiger partial charge in [0.05, 0.1) is 5.41 Å². The first-order chi connectivity index (χ1) is 10.8. The molecule has 22 heavy (non-hydrogen) atoms. The number of unbranched alkanes of at least 4 members (excludes halogenated alkanes) is 2. The minimum absolute atomic E-state index is 0.268. The van der Waals surface area contributed by atoms with Gasteiger partial charge in [-0.25, -0.2) is 0 Å². The lowest BCUT2D eigenvalue weighted by Gasteiger charge is -2.56. The van der Waals surface area contributed by atoms with Gasteiger partial charge in [-0.2, -0.15) is 0 Å². The van der Waals surface area contributed by atoms with E-state index in [-0.39, 0.29) is 11.3 Å². The molecule has 2 bridgehead atoms. The molecule has 0 aromatic heterocycles. The molecule has 4 aliphatic rings. The minimum Gasteiger partial charge on any atom is -0.325 e. The minimum atomic E-state index is -0.277. The van der Waals surface area contributed by atoms with Crippen molar-refractivity contribution in [1.82, 2.24) is 4.90 Å². The molecular weight excluding hydrogens is 272 g/mol. The zero-order valence-corrected chi connectivity index (χ0v) is 13.5. The number of nitrogens with zero attached hydrogens (tertiary/aromatic N) is 1. The first-order valence-electron chi connectivity index (χ1n) is 8.93. The van der Waals surface area contributed by atoms with E-state index in [1.54, 1.807) is 0 Å². The van der Waals surface area contributed by atoms with E-state index in [0.29, 0.717) is 12.0 Å². The number of amides is 1. The number of benzene rings is 1. The fourth-order valence-corrected chi connectivity index (χ4v) is 5.26. The first-order valence-corrected chi connectivity index (χ1v) is 8.93. The maximum Gasteiger partial charge on any atom is 0.237 e. The van der Waals surface area contributed by atoms with Crippen molar-refractivity contribution in [3.8, 4) is 0 Å². The normalized spacial score (nSPS) is 35.7. The Hall–Kier alpha value is -1.35. The smallest absolute Gasteiger partial charge is 0.237 e. The molecule has 4 aliphatic heterocycles. The largest absolute Gasteiger partial charge is 0.325 e. The standard InChI is InChI=1S/C19H26N2O/c1-2-3-4-9-17-19(14-10-12-21(17)13-11-14)15-7-5-6-8-16(15)20-18(19)22/h5-8,14,17H,2-4,9-13H2,1H3,(H,20,22)/t17-,19-/m1/s1. The Morgan fingerprint density at radius 1 is 1.23 bits per heavy atom. The van der Waals surface area contributed by atoms with E-state index in [2.05, 4.69) is 35.3 Å². The Morgan fingerprint density at radius 3 is 2.77 bits per heavy atom. The van der Waals surface area contributed by atoms with Crippen LogP contribution in [-0.4, -0.2) is 29.9 Å². The summed E-state index contributed by atoms with van der Waals surface area (Å²) < 4.78 is 0. The Labute approximate surface area is 133 Å². The van der Waals surface area contributed by atoms with Gasteiger partial charge in [0.1, 0.15) is 0 Å². The van der Waals surface area contributed by atoms with Crippen molar-refractivity contribution >= 4 is 11.6 Å². The van der Waals surface area contributed by atoms with Crippen molar-refractivity contribution < 1.29 is 4.79 Å². The summed E-state index contributed by atoms with van der Waals surface area (Å²) in [5.74, 6) is 0.789. The van der Waals surface area contributed by atoms with Crippen LogP contribution in [0.3, 0.4) is 0 Å². The van der Waals surface area contributed by atoms with Crippen molar-refractivity contribution in [2.24, 2.45) is 5.92 Å². The highest BCUT2D eigenvalue weighted by molar-refractivity contribution is 6.07. The first kappa shape index (κ1) is 14.3. The molecule has 0 radical (unpaired) electrons. The zero-order valence-electron chi connectivity index (χ0n) is 13.5. The van der Waals surface area contributed by atoms with E-state index in [0.717, 1.165) is 12.1 Å². The summed E-state index contributed by atoms with van der Waals surface area (Å²) in [4.78, 5) is 15.7. The molecule has 0 unspecified atom stereocenters. The van der Waals surface area contributed by atoms with Gasteiger partial charge in [-0.05, 0) is 49.9 Å². The summed E-state index contributed by atoms with van der Waals surface area (Å²) in [5.41, 5.74) is 2.05. The van der Waals surface area contributed by atoms with Gasteiger partial charge < -0.3 is 5.32 Å². The molecule has 1 N–H and O–H groups in total. The average Bonchev–Trinajstić information content (AvgIpc) is 2.84. The second kappa shape index (κ2) is 5.38. The van der Waals surface area contributed by atoms with Gasteiger partial charge in [-0.1, -0.05) is 44.4 Å². The van der Waals surface area contributed by atoms with Crippen LogP contribution in [0.4, 0.5) is 5.69 Å².